The van der Waals surface area contributed by atoms with Crippen molar-refractivity contribution < 1.29 is 53.6 Å². The molecule has 0 aromatic heterocycles. The molecule has 0 heterocycles. The SMILES string of the molecule is F[B-](F)(F)F.O=S(=O)(O)O.[Li+]. The summed E-state index contributed by atoms with van der Waals surface area (Å²) in [6, 6.07) is 0. The average molecular weight is 192 g/mol. The summed E-state index contributed by atoms with van der Waals surface area (Å²) in [5, 5.41) is 0. The van der Waals surface area contributed by atoms with Gasteiger partial charge in [-0.2, -0.15) is 8.42 Å². The predicted octanol–water partition coefficient (Wildman–Crippen LogP) is -2.35. The topological polar surface area (TPSA) is 74.6 Å². The third-order valence-electron chi connectivity index (χ3n) is 0. The van der Waals surface area contributed by atoms with Crippen LogP contribution in [0.25, 0.3) is 0 Å². The Morgan fingerprint density at radius 2 is 1.00 bits per heavy atom. The van der Waals surface area contributed by atoms with Gasteiger partial charge in [0.25, 0.3) is 0 Å². The normalized spacial score (nSPS) is 10.7. The molecule has 11 heteroatoms. The molecule has 0 radical (unpaired) electrons. The van der Waals surface area contributed by atoms with Crippen LogP contribution < -0.4 is 18.9 Å². The Bertz CT molecular complexity index is 157. The summed E-state index contributed by atoms with van der Waals surface area (Å²) in [5.41, 5.74) is 0. The first-order valence-corrected chi connectivity index (χ1v) is 2.97. The molecule has 2 N–H and O–H groups in total. The zero-order valence-electron chi connectivity index (χ0n) is 5.21. The van der Waals surface area contributed by atoms with Crippen LogP contribution in [-0.2, 0) is 10.4 Å². The van der Waals surface area contributed by atoms with E-state index in [1.54, 1.807) is 0 Å². The minimum Gasteiger partial charge on any atom is -0.418 e. The van der Waals surface area contributed by atoms with Crippen LogP contribution in [0, 0.1) is 0 Å². The van der Waals surface area contributed by atoms with E-state index in [2.05, 4.69) is 0 Å². The Morgan fingerprint density at radius 1 is 1.00 bits per heavy atom. The Kier molecular flexibility index (Phi) is 9.23. The Labute approximate surface area is 71.8 Å². The predicted molar refractivity (Wildman–Crippen MR) is 24.4 cm³/mol. The minimum atomic E-state index is -6.00. The molecule has 0 saturated heterocycles. The summed E-state index contributed by atoms with van der Waals surface area (Å²) in [6.45, 7) is 0. The molecule has 0 aromatic carbocycles. The van der Waals surface area contributed by atoms with Crippen molar-refractivity contribution in [2.75, 3.05) is 0 Å². The fourth-order valence-corrected chi connectivity index (χ4v) is 0. The Balaban J connectivity index is -0.000000107. The minimum absolute atomic E-state index is 0. The van der Waals surface area contributed by atoms with Gasteiger partial charge >= 0.3 is 36.5 Å². The van der Waals surface area contributed by atoms with Gasteiger partial charge in [0.05, 0.1) is 0 Å². The maximum atomic E-state index is 9.75. The van der Waals surface area contributed by atoms with Crippen LogP contribution in [-0.4, -0.2) is 24.8 Å². The number of rotatable bonds is 0. The van der Waals surface area contributed by atoms with Gasteiger partial charge < -0.3 is 17.3 Å². The van der Waals surface area contributed by atoms with Crippen molar-refractivity contribution in [2.24, 2.45) is 0 Å². The molecule has 0 unspecified atom stereocenters. The molecular formula is H2BF4LiO4S. The number of hydrogen-bond donors (Lipinski definition) is 2. The van der Waals surface area contributed by atoms with Crippen molar-refractivity contribution in [1.29, 1.82) is 0 Å². The van der Waals surface area contributed by atoms with Crippen LogP contribution in [0.2, 0.25) is 0 Å². The van der Waals surface area contributed by atoms with Gasteiger partial charge in [0.1, 0.15) is 0 Å². The quantitative estimate of drug-likeness (QED) is 0.256. The molecule has 0 fully saturated rings. The first-order valence-electron chi connectivity index (χ1n) is 1.57. The van der Waals surface area contributed by atoms with Crippen LogP contribution >= 0.6 is 0 Å². The van der Waals surface area contributed by atoms with Crippen molar-refractivity contribution in [1.82, 2.24) is 0 Å². The molecular weight excluding hydrogens is 190 g/mol. The van der Waals surface area contributed by atoms with Gasteiger partial charge in [-0.15, -0.1) is 0 Å². The summed E-state index contributed by atoms with van der Waals surface area (Å²) in [5.74, 6) is 0. The fourth-order valence-electron chi connectivity index (χ4n) is 0. The van der Waals surface area contributed by atoms with E-state index >= 15 is 0 Å². The van der Waals surface area contributed by atoms with Crippen LogP contribution in [0.1, 0.15) is 0 Å². The number of hydrogen-bond acceptors (Lipinski definition) is 2. The van der Waals surface area contributed by atoms with E-state index in [9.17, 15) is 17.3 Å². The molecule has 4 nitrogen and oxygen atoms in total. The number of halogens is 4. The van der Waals surface area contributed by atoms with Crippen molar-refractivity contribution >= 4 is 17.7 Å². The molecule has 11 heavy (non-hydrogen) atoms. The monoisotopic (exact) mass is 192 g/mol. The summed E-state index contributed by atoms with van der Waals surface area (Å²) in [4.78, 5) is 0. The smallest absolute Gasteiger partial charge is 0.418 e. The fraction of sp³-hybridized carbons (Fsp3) is 0. The summed E-state index contributed by atoms with van der Waals surface area (Å²) < 4.78 is 70.6. The summed E-state index contributed by atoms with van der Waals surface area (Å²) >= 11 is 0. The molecule has 0 saturated carbocycles. The zero-order chi connectivity index (χ0) is 9.00. The van der Waals surface area contributed by atoms with Crippen LogP contribution in [0.15, 0.2) is 0 Å². The molecule has 0 aromatic rings. The van der Waals surface area contributed by atoms with E-state index in [0.29, 0.717) is 0 Å². The second-order valence-corrected chi connectivity index (χ2v) is 1.84. The molecule has 0 aliphatic carbocycles. The van der Waals surface area contributed by atoms with Gasteiger partial charge in [0.15, 0.2) is 0 Å². The van der Waals surface area contributed by atoms with Gasteiger partial charge in [-0.3, -0.25) is 9.11 Å². The zero-order valence-corrected chi connectivity index (χ0v) is 6.02. The first-order chi connectivity index (χ1) is 4.00. The Hall–Kier alpha value is 0.252. The van der Waals surface area contributed by atoms with Crippen LogP contribution in [0.3, 0.4) is 0 Å². The van der Waals surface area contributed by atoms with E-state index in [1.165, 1.54) is 0 Å². The largest absolute Gasteiger partial charge is 1.00 e. The second-order valence-electron chi connectivity index (χ2n) is 0.943. The summed E-state index contributed by atoms with van der Waals surface area (Å²) in [7, 11) is -10.7. The maximum Gasteiger partial charge on any atom is 1.00 e. The van der Waals surface area contributed by atoms with E-state index in [-0.39, 0.29) is 18.9 Å². The van der Waals surface area contributed by atoms with Gasteiger partial charge in [-0.25, -0.2) is 0 Å². The molecule has 0 spiro atoms. The van der Waals surface area contributed by atoms with E-state index in [1.807, 2.05) is 0 Å². The Morgan fingerprint density at radius 3 is 1.00 bits per heavy atom. The van der Waals surface area contributed by atoms with Crippen molar-refractivity contribution in [3.63, 3.8) is 0 Å². The molecule has 0 aliphatic rings. The van der Waals surface area contributed by atoms with Crippen LogP contribution in [0.4, 0.5) is 17.3 Å². The standard InChI is InChI=1S/BF4.Li.H2O4S/c2-1(3,4)5;;1-5(2,3)4/h;;(H2,1,2,3,4)/q-1;+1;. The first kappa shape index (κ1) is 17.4. The van der Waals surface area contributed by atoms with Gasteiger partial charge in [-0.1, -0.05) is 0 Å². The van der Waals surface area contributed by atoms with Gasteiger partial charge in [0.2, 0.25) is 0 Å². The average Bonchev–Trinajstić information content (AvgIpc) is 1.12. The molecule has 0 bridgehead atoms. The van der Waals surface area contributed by atoms with Crippen molar-refractivity contribution in [3.05, 3.63) is 0 Å². The van der Waals surface area contributed by atoms with E-state index in [0.717, 1.165) is 0 Å². The molecule has 0 aliphatic heterocycles. The van der Waals surface area contributed by atoms with Crippen molar-refractivity contribution in [2.45, 2.75) is 0 Å². The third-order valence-corrected chi connectivity index (χ3v) is 0. The van der Waals surface area contributed by atoms with E-state index in [4.69, 9.17) is 17.5 Å². The molecule has 0 rings (SSSR count). The maximum absolute atomic E-state index is 9.75. The van der Waals surface area contributed by atoms with Crippen LogP contribution in [0.5, 0.6) is 0 Å². The molecule has 0 amide bonds. The molecule has 64 valence electrons. The second kappa shape index (κ2) is 5.85. The third kappa shape index (κ3) is 11000. The van der Waals surface area contributed by atoms with Gasteiger partial charge in [0, 0.05) is 0 Å². The van der Waals surface area contributed by atoms with E-state index < -0.39 is 17.7 Å². The molecule has 0 atom stereocenters. The van der Waals surface area contributed by atoms with Gasteiger partial charge in [-0.05, 0) is 0 Å². The van der Waals surface area contributed by atoms with Crippen molar-refractivity contribution in [3.8, 4) is 0 Å². The summed E-state index contributed by atoms with van der Waals surface area (Å²) in [6.07, 6.45) is 0.